The lowest BCUT2D eigenvalue weighted by atomic mass is 10.0. The fraction of sp³-hybridized carbons (Fsp3) is 0.400. The maximum Gasteiger partial charge on any atom is 0.0791 e. The molecule has 0 aromatic heterocycles. The van der Waals surface area contributed by atoms with E-state index in [0.717, 1.165) is 6.42 Å². The van der Waals surface area contributed by atoms with Gasteiger partial charge in [0.25, 0.3) is 0 Å². The van der Waals surface area contributed by atoms with Crippen LogP contribution in [0.5, 0.6) is 0 Å². The van der Waals surface area contributed by atoms with Crippen LogP contribution < -0.4 is 0 Å². The van der Waals surface area contributed by atoms with Crippen LogP contribution in [0.15, 0.2) is 24.3 Å². The third kappa shape index (κ3) is 1.69. The molecule has 1 aliphatic rings. The summed E-state index contributed by atoms with van der Waals surface area (Å²) in [6.45, 7) is 0. The molecule has 1 aliphatic carbocycles. The van der Waals surface area contributed by atoms with E-state index in [1.807, 2.05) is 12.1 Å². The molecule has 70 valence electrons. The lowest BCUT2D eigenvalue weighted by Gasteiger charge is -2.16. The first-order valence-electron chi connectivity index (χ1n) is 4.24. The van der Waals surface area contributed by atoms with Crippen molar-refractivity contribution in [3.05, 3.63) is 35.4 Å². The Bertz CT molecular complexity index is 312. The van der Waals surface area contributed by atoms with Gasteiger partial charge in [0, 0.05) is 5.92 Å². The second-order valence-corrected chi connectivity index (χ2v) is 6.53. The van der Waals surface area contributed by atoms with Gasteiger partial charge in [-0.15, -0.1) is 0 Å². The van der Waals surface area contributed by atoms with Gasteiger partial charge >= 0.3 is 0 Å². The summed E-state index contributed by atoms with van der Waals surface area (Å²) in [4.78, 5) is 0. The Morgan fingerprint density at radius 3 is 2.69 bits per heavy atom. The average molecular weight is 306 g/mol. The van der Waals surface area contributed by atoms with Crippen LogP contribution in [0.25, 0.3) is 0 Å². The molecule has 13 heavy (non-hydrogen) atoms. The molecule has 0 aliphatic heterocycles. The van der Waals surface area contributed by atoms with Crippen LogP contribution >= 0.6 is 31.9 Å². The smallest absolute Gasteiger partial charge is 0.0791 e. The molecular formula is C10H10Br2O. The molecule has 0 heterocycles. The average Bonchev–Trinajstić information content (AvgIpc) is 2.39. The Morgan fingerprint density at radius 2 is 2.00 bits per heavy atom. The summed E-state index contributed by atoms with van der Waals surface area (Å²) >= 11 is 6.94. The molecule has 0 unspecified atom stereocenters. The second-order valence-electron chi connectivity index (χ2n) is 3.33. The fourth-order valence-corrected chi connectivity index (χ4v) is 3.18. The molecule has 1 N–H and O–H groups in total. The van der Waals surface area contributed by atoms with Crippen LogP contribution in [0.3, 0.4) is 0 Å². The minimum atomic E-state index is -0.263. The summed E-state index contributed by atoms with van der Waals surface area (Å²) in [5.41, 5.74) is 2.53. The highest BCUT2D eigenvalue weighted by molar-refractivity contribution is 9.24. The molecule has 1 nitrogen and oxygen atoms in total. The minimum absolute atomic E-state index is 0.152. The van der Waals surface area contributed by atoms with E-state index in [1.165, 1.54) is 11.1 Å². The van der Waals surface area contributed by atoms with E-state index in [2.05, 4.69) is 44.0 Å². The van der Waals surface area contributed by atoms with E-state index in [1.54, 1.807) is 0 Å². The van der Waals surface area contributed by atoms with E-state index in [-0.39, 0.29) is 15.8 Å². The van der Waals surface area contributed by atoms with Gasteiger partial charge in [-0.25, -0.2) is 0 Å². The molecule has 1 aromatic carbocycles. The predicted molar refractivity (Wildman–Crippen MR) is 60.5 cm³/mol. The number of alkyl halides is 2. The van der Waals surface area contributed by atoms with Crippen LogP contribution in [0, 0.1) is 0 Å². The van der Waals surface area contributed by atoms with Crippen molar-refractivity contribution in [2.75, 3.05) is 0 Å². The zero-order chi connectivity index (χ0) is 9.42. The van der Waals surface area contributed by atoms with E-state index in [4.69, 9.17) is 0 Å². The Hall–Kier alpha value is 0.140. The predicted octanol–water partition coefficient (Wildman–Crippen LogP) is 2.80. The summed E-state index contributed by atoms with van der Waals surface area (Å²) in [5.74, 6) is 0.177. The van der Waals surface area contributed by atoms with E-state index >= 15 is 0 Å². The summed E-state index contributed by atoms with van der Waals surface area (Å²) in [6.07, 6.45) is 0.510. The number of hydrogen-bond acceptors (Lipinski definition) is 1. The lowest BCUT2D eigenvalue weighted by Crippen LogP contribution is -2.18. The van der Waals surface area contributed by atoms with Crippen molar-refractivity contribution in [1.82, 2.24) is 0 Å². The summed E-state index contributed by atoms with van der Waals surface area (Å²) in [7, 11) is 0. The van der Waals surface area contributed by atoms with Crippen LogP contribution in [0.2, 0.25) is 0 Å². The van der Waals surface area contributed by atoms with Gasteiger partial charge in [0.1, 0.15) is 0 Å². The van der Waals surface area contributed by atoms with Crippen LogP contribution in [-0.2, 0) is 6.42 Å². The van der Waals surface area contributed by atoms with Crippen molar-refractivity contribution in [3.8, 4) is 0 Å². The Morgan fingerprint density at radius 1 is 1.31 bits per heavy atom. The fourth-order valence-electron chi connectivity index (χ4n) is 1.91. The maximum absolute atomic E-state index is 9.82. The zero-order valence-electron chi connectivity index (χ0n) is 6.95. The van der Waals surface area contributed by atoms with Crippen LogP contribution in [0.4, 0.5) is 0 Å². The highest BCUT2D eigenvalue weighted by atomic mass is 79.9. The molecule has 0 radical (unpaired) electrons. The van der Waals surface area contributed by atoms with Gasteiger partial charge in [-0.05, 0) is 17.5 Å². The van der Waals surface area contributed by atoms with Gasteiger partial charge < -0.3 is 5.11 Å². The standard InChI is InChI=1S/C10H10Br2O/c11-10(12)9-7-4-2-1-3-6(7)5-8(9)13/h1-4,8-10,13H,5H2/t8-,9+/m1/s1. The monoisotopic (exact) mass is 304 g/mol. The van der Waals surface area contributed by atoms with Gasteiger partial charge in [-0.2, -0.15) is 0 Å². The lowest BCUT2D eigenvalue weighted by molar-refractivity contribution is 0.163. The number of fused-ring (bicyclic) bond motifs is 1. The third-order valence-electron chi connectivity index (χ3n) is 2.53. The number of aliphatic hydroxyl groups is 1. The minimum Gasteiger partial charge on any atom is -0.392 e. The highest BCUT2D eigenvalue weighted by Gasteiger charge is 2.34. The van der Waals surface area contributed by atoms with Gasteiger partial charge in [0.15, 0.2) is 0 Å². The SMILES string of the molecule is O[C@@H]1Cc2ccccc2[C@@H]1C(Br)Br. The molecule has 2 rings (SSSR count). The Balaban J connectivity index is 2.40. The summed E-state index contributed by atoms with van der Waals surface area (Å²) in [6, 6.07) is 8.21. The van der Waals surface area contributed by atoms with Crippen LogP contribution in [0.1, 0.15) is 17.0 Å². The number of hydrogen-bond donors (Lipinski definition) is 1. The summed E-state index contributed by atoms with van der Waals surface area (Å²) in [5, 5.41) is 9.82. The molecule has 0 saturated carbocycles. The van der Waals surface area contributed by atoms with E-state index in [0.29, 0.717) is 0 Å². The van der Waals surface area contributed by atoms with Crippen molar-refractivity contribution in [2.45, 2.75) is 22.2 Å². The van der Waals surface area contributed by atoms with Gasteiger partial charge in [0.05, 0.1) is 9.84 Å². The molecule has 0 amide bonds. The number of rotatable bonds is 1. The topological polar surface area (TPSA) is 20.2 Å². The number of aliphatic hydroxyl groups excluding tert-OH is 1. The number of halogens is 2. The molecule has 0 fully saturated rings. The van der Waals surface area contributed by atoms with Crippen molar-refractivity contribution >= 4 is 31.9 Å². The quantitative estimate of drug-likeness (QED) is 0.791. The van der Waals surface area contributed by atoms with Gasteiger partial charge in [0.2, 0.25) is 0 Å². The first kappa shape index (κ1) is 9.69. The van der Waals surface area contributed by atoms with E-state index < -0.39 is 0 Å². The van der Waals surface area contributed by atoms with Crippen molar-refractivity contribution in [2.24, 2.45) is 0 Å². The molecule has 0 bridgehead atoms. The molecule has 1 aromatic rings. The van der Waals surface area contributed by atoms with Gasteiger partial charge in [-0.1, -0.05) is 56.1 Å². The first-order chi connectivity index (χ1) is 6.20. The maximum atomic E-state index is 9.82. The molecule has 0 spiro atoms. The molecule has 3 heteroatoms. The van der Waals surface area contributed by atoms with E-state index in [9.17, 15) is 5.11 Å². The highest BCUT2D eigenvalue weighted by Crippen LogP contribution is 2.40. The Kier molecular flexibility index (Phi) is 2.77. The van der Waals surface area contributed by atoms with Crippen LogP contribution in [-0.4, -0.2) is 14.9 Å². The molecular weight excluding hydrogens is 296 g/mol. The van der Waals surface area contributed by atoms with Gasteiger partial charge in [-0.3, -0.25) is 0 Å². The molecule has 0 saturated heterocycles. The summed E-state index contributed by atoms with van der Waals surface area (Å²) < 4.78 is 0.152. The van der Waals surface area contributed by atoms with Crippen molar-refractivity contribution < 1.29 is 5.11 Å². The molecule has 2 atom stereocenters. The third-order valence-corrected chi connectivity index (χ3v) is 3.67. The Labute approximate surface area is 94.4 Å². The first-order valence-corrected chi connectivity index (χ1v) is 6.07. The number of benzene rings is 1. The zero-order valence-corrected chi connectivity index (χ0v) is 10.1. The van der Waals surface area contributed by atoms with Crippen molar-refractivity contribution in [1.29, 1.82) is 0 Å². The second kappa shape index (κ2) is 3.71. The van der Waals surface area contributed by atoms with Crippen molar-refractivity contribution in [3.63, 3.8) is 0 Å². The normalized spacial score (nSPS) is 26.5. The largest absolute Gasteiger partial charge is 0.392 e.